The largest absolute Gasteiger partial charge is 0.396 e. The molecule has 1 heterocycles. The van der Waals surface area contributed by atoms with Crippen molar-refractivity contribution < 1.29 is 5.11 Å². The lowest BCUT2D eigenvalue weighted by molar-refractivity contribution is 0.182. The van der Waals surface area contributed by atoms with Crippen LogP contribution in [0.3, 0.4) is 0 Å². The second-order valence-corrected chi connectivity index (χ2v) is 4.84. The molecule has 1 fully saturated rings. The number of nitrogens with zero attached hydrogens (tertiary/aromatic N) is 1. The summed E-state index contributed by atoms with van der Waals surface area (Å²) >= 11 is 0. The van der Waals surface area contributed by atoms with Gasteiger partial charge in [-0.25, -0.2) is 0 Å². The molecule has 84 valence electrons. The van der Waals surface area contributed by atoms with Crippen LogP contribution in [0.4, 0.5) is 0 Å². The molecule has 1 rings (SSSR count). The number of likely N-dealkylation sites (tertiary alicyclic amines) is 1. The molecule has 14 heavy (non-hydrogen) atoms. The fraction of sp³-hybridized carbons (Fsp3) is 1.00. The van der Waals surface area contributed by atoms with Gasteiger partial charge in [-0.15, -0.1) is 0 Å². The van der Waals surface area contributed by atoms with E-state index < -0.39 is 0 Å². The van der Waals surface area contributed by atoms with Crippen molar-refractivity contribution in [3.63, 3.8) is 0 Å². The van der Waals surface area contributed by atoms with E-state index in [4.69, 9.17) is 0 Å². The molecular weight excluding hydrogens is 176 g/mol. The molecule has 0 aromatic carbocycles. The Bertz CT molecular complexity index is 161. The van der Waals surface area contributed by atoms with Crippen molar-refractivity contribution >= 4 is 0 Å². The van der Waals surface area contributed by atoms with Gasteiger partial charge in [0.15, 0.2) is 0 Å². The van der Waals surface area contributed by atoms with Gasteiger partial charge in [0.05, 0.1) is 0 Å². The highest BCUT2D eigenvalue weighted by atomic mass is 16.3. The Labute approximate surface area is 87.5 Å². The van der Waals surface area contributed by atoms with Gasteiger partial charge in [-0.1, -0.05) is 13.8 Å². The van der Waals surface area contributed by atoms with Crippen LogP contribution in [0.25, 0.3) is 0 Å². The number of hydrogen-bond donors (Lipinski definition) is 2. The molecule has 2 N–H and O–H groups in total. The normalized spacial score (nSPS) is 25.9. The van der Waals surface area contributed by atoms with Crippen LogP contribution in [0.2, 0.25) is 0 Å². The van der Waals surface area contributed by atoms with Crippen molar-refractivity contribution in [1.82, 2.24) is 10.2 Å². The number of likely N-dealkylation sites (N-methyl/N-ethyl adjacent to an activating group) is 1. The Balaban J connectivity index is 2.18. The Kier molecular flexibility index (Phi) is 4.85. The Hall–Kier alpha value is -0.120. The Morgan fingerprint density at radius 1 is 1.50 bits per heavy atom. The van der Waals surface area contributed by atoms with Crippen LogP contribution in [-0.4, -0.2) is 49.3 Å². The minimum absolute atomic E-state index is 0.299. The maximum Gasteiger partial charge on any atom is 0.0473 e. The first-order valence-corrected chi connectivity index (χ1v) is 5.66. The second kappa shape index (κ2) is 5.69. The summed E-state index contributed by atoms with van der Waals surface area (Å²) in [7, 11) is 2.16. The van der Waals surface area contributed by atoms with Crippen LogP contribution in [0, 0.1) is 11.8 Å². The molecule has 3 heteroatoms. The zero-order chi connectivity index (χ0) is 10.6. The van der Waals surface area contributed by atoms with Crippen molar-refractivity contribution in [2.45, 2.75) is 26.3 Å². The van der Waals surface area contributed by atoms with Gasteiger partial charge in [-0.05, 0) is 31.8 Å². The van der Waals surface area contributed by atoms with Gasteiger partial charge < -0.3 is 15.3 Å². The quantitative estimate of drug-likeness (QED) is 0.680. The standard InChI is InChI=1S/C11H24N2O/c1-9(2)10(8-14)6-12-11-4-5-13(3)7-11/h9-12,14H,4-8H2,1-3H3. The second-order valence-electron chi connectivity index (χ2n) is 4.84. The summed E-state index contributed by atoms with van der Waals surface area (Å²) in [4.78, 5) is 2.35. The first kappa shape index (κ1) is 12.0. The van der Waals surface area contributed by atoms with E-state index in [1.165, 1.54) is 13.0 Å². The first-order chi connectivity index (χ1) is 6.63. The number of nitrogens with one attached hydrogen (secondary N) is 1. The maximum absolute atomic E-state index is 9.17. The fourth-order valence-corrected chi connectivity index (χ4v) is 1.93. The van der Waals surface area contributed by atoms with Crippen molar-refractivity contribution in [2.75, 3.05) is 33.3 Å². The molecule has 0 saturated carbocycles. The van der Waals surface area contributed by atoms with Crippen LogP contribution in [-0.2, 0) is 0 Å². The summed E-state index contributed by atoms with van der Waals surface area (Å²) in [5.41, 5.74) is 0. The van der Waals surface area contributed by atoms with Gasteiger partial charge in [0.2, 0.25) is 0 Å². The van der Waals surface area contributed by atoms with Gasteiger partial charge in [-0.3, -0.25) is 0 Å². The predicted molar refractivity (Wildman–Crippen MR) is 59.3 cm³/mol. The maximum atomic E-state index is 9.17. The summed E-state index contributed by atoms with van der Waals surface area (Å²) in [6, 6.07) is 0.632. The lowest BCUT2D eigenvalue weighted by atomic mass is 9.96. The smallest absolute Gasteiger partial charge is 0.0473 e. The molecule has 1 saturated heterocycles. The van der Waals surface area contributed by atoms with Gasteiger partial charge in [-0.2, -0.15) is 0 Å². The van der Waals surface area contributed by atoms with E-state index in [0.29, 0.717) is 24.5 Å². The average molecular weight is 200 g/mol. The molecule has 0 amide bonds. The number of aliphatic hydroxyl groups excluding tert-OH is 1. The minimum atomic E-state index is 0.299. The molecule has 0 aliphatic carbocycles. The molecular formula is C11H24N2O. The summed E-state index contributed by atoms with van der Waals surface area (Å²) in [5.74, 6) is 0.965. The number of aliphatic hydroxyl groups is 1. The lowest BCUT2D eigenvalue weighted by Gasteiger charge is -2.21. The minimum Gasteiger partial charge on any atom is -0.396 e. The van der Waals surface area contributed by atoms with E-state index in [0.717, 1.165) is 13.1 Å². The molecule has 0 aromatic rings. The van der Waals surface area contributed by atoms with Crippen LogP contribution >= 0.6 is 0 Å². The van der Waals surface area contributed by atoms with E-state index in [-0.39, 0.29) is 0 Å². The highest BCUT2D eigenvalue weighted by molar-refractivity contribution is 4.80. The molecule has 2 atom stereocenters. The molecule has 0 spiro atoms. The van der Waals surface area contributed by atoms with E-state index in [2.05, 4.69) is 31.1 Å². The van der Waals surface area contributed by atoms with Crippen molar-refractivity contribution in [2.24, 2.45) is 11.8 Å². The van der Waals surface area contributed by atoms with Gasteiger partial charge in [0.25, 0.3) is 0 Å². The summed E-state index contributed by atoms with van der Waals surface area (Å²) < 4.78 is 0. The molecule has 0 radical (unpaired) electrons. The Morgan fingerprint density at radius 3 is 2.64 bits per heavy atom. The highest BCUT2D eigenvalue weighted by Gasteiger charge is 2.20. The van der Waals surface area contributed by atoms with Crippen molar-refractivity contribution in [3.8, 4) is 0 Å². The van der Waals surface area contributed by atoms with Gasteiger partial charge in [0, 0.05) is 25.7 Å². The van der Waals surface area contributed by atoms with Gasteiger partial charge >= 0.3 is 0 Å². The van der Waals surface area contributed by atoms with Crippen LogP contribution < -0.4 is 5.32 Å². The molecule has 1 aliphatic heterocycles. The van der Waals surface area contributed by atoms with Crippen molar-refractivity contribution in [3.05, 3.63) is 0 Å². The molecule has 3 nitrogen and oxygen atoms in total. The Morgan fingerprint density at radius 2 is 2.21 bits per heavy atom. The molecule has 1 aliphatic rings. The first-order valence-electron chi connectivity index (χ1n) is 5.66. The van der Waals surface area contributed by atoms with E-state index in [9.17, 15) is 5.11 Å². The summed E-state index contributed by atoms with van der Waals surface area (Å²) in [6.45, 7) is 7.94. The monoisotopic (exact) mass is 200 g/mol. The summed E-state index contributed by atoms with van der Waals surface area (Å²) in [6.07, 6.45) is 1.24. The number of rotatable bonds is 5. The van der Waals surface area contributed by atoms with Gasteiger partial charge in [0.1, 0.15) is 0 Å². The zero-order valence-electron chi connectivity index (χ0n) is 9.66. The van der Waals surface area contributed by atoms with Crippen LogP contribution in [0.5, 0.6) is 0 Å². The van der Waals surface area contributed by atoms with E-state index in [1.807, 2.05) is 0 Å². The summed E-state index contributed by atoms with van der Waals surface area (Å²) in [5, 5.41) is 12.7. The van der Waals surface area contributed by atoms with Crippen LogP contribution in [0.15, 0.2) is 0 Å². The van der Waals surface area contributed by atoms with Crippen molar-refractivity contribution in [1.29, 1.82) is 0 Å². The van der Waals surface area contributed by atoms with E-state index >= 15 is 0 Å². The highest BCUT2D eigenvalue weighted by Crippen LogP contribution is 2.11. The predicted octanol–water partition coefficient (Wildman–Crippen LogP) is 0.545. The topological polar surface area (TPSA) is 35.5 Å². The third-order valence-electron chi connectivity index (χ3n) is 3.24. The third-order valence-corrected chi connectivity index (χ3v) is 3.24. The molecule has 0 aromatic heterocycles. The SMILES string of the molecule is CC(C)C(CO)CNC1CCN(C)C1. The lowest BCUT2D eigenvalue weighted by Crippen LogP contribution is -2.37. The molecule has 2 unspecified atom stereocenters. The average Bonchev–Trinajstić information content (AvgIpc) is 2.52. The van der Waals surface area contributed by atoms with E-state index in [1.54, 1.807) is 0 Å². The van der Waals surface area contributed by atoms with Crippen LogP contribution in [0.1, 0.15) is 20.3 Å². The zero-order valence-corrected chi connectivity index (χ0v) is 9.66. The number of hydrogen-bond acceptors (Lipinski definition) is 3. The third kappa shape index (κ3) is 3.56. The molecule has 0 bridgehead atoms. The fourth-order valence-electron chi connectivity index (χ4n) is 1.93.